The van der Waals surface area contributed by atoms with Gasteiger partial charge in [0.1, 0.15) is 6.54 Å². The Balaban J connectivity index is 1.59. The predicted molar refractivity (Wildman–Crippen MR) is 60.3 cm³/mol. The topological polar surface area (TPSA) is 59.0 Å². The van der Waals surface area contributed by atoms with Crippen molar-refractivity contribution in [1.82, 2.24) is 15.1 Å². The molecule has 104 valence electrons. The number of fused-ring (bicyclic) bond motifs is 1. The summed E-state index contributed by atoms with van der Waals surface area (Å²) in [5.74, 6) is 0.887. The first-order valence-electron chi connectivity index (χ1n) is 6.07. The van der Waals surface area contributed by atoms with Crippen molar-refractivity contribution in [2.45, 2.75) is 25.2 Å². The zero-order valence-corrected chi connectivity index (χ0v) is 9.94. The number of alkyl halides is 3. The van der Waals surface area contributed by atoms with Crippen LogP contribution in [0.1, 0.15) is 6.42 Å². The zero-order chi connectivity index (χ0) is 13.6. The maximum Gasteiger partial charge on any atom is 0.408 e. The Bertz CT molecular complexity index is 498. The fourth-order valence-corrected chi connectivity index (χ4v) is 2.53. The van der Waals surface area contributed by atoms with E-state index in [1.54, 1.807) is 0 Å². The average Bonchev–Trinajstić information content (AvgIpc) is 2.74. The summed E-state index contributed by atoms with van der Waals surface area (Å²) in [4.78, 5) is 11.9. The summed E-state index contributed by atoms with van der Waals surface area (Å²) in [5, 5.41) is 9.32. The van der Waals surface area contributed by atoms with Crippen molar-refractivity contribution in [3.8, 4) is 0 Å². The van der Waals surface area contributed by atoms with Crippen LogP contribution in [-0.4, -0.2) is 34.5 Å². The fourth-order valence-electron chi connectivity index (χ4n) is 2.53. The standard InChI is InChI=1S/C11H13F3N4O/c12-11(13,14)5-18-2-1-8(17-18)16-10(19)9-7-3-6(7)4-15-9/h1-2,6-7,9,15H,3-5H2,(H,16,17,19)/t6-,7-,9+/m1/s1. The summed E-state index contributed by atoms with van der Waals surface area (Å²) in [6.45, 7) is -0.319. The first-order chi connectivity index (χ1) is 8.92. The van der Waals surface area contributed by atoms with Gasteiger partial charge < -0.3 is 10.6 Å². The highest BCUT2D eigenvalue weighted by atomic mass is 19.4. The van der Waals surface area contributed by atoms with Gasteiger partial charge in [-0.25, -0.2) is 0 Å². The fraction of sp³-hybridized carbons (Fsp3) is 0.636. The highest BCUT2D eigenvalue weighted by Gasteiger charge is 2.50. The molecular formula is C11H13F3N4O. The van der Waals surface area contributed by atoms with Crippen LogP contribution in [0.2, 0.25) is 0 Å². The number of nitrogens with zero attached hydrogens (tertiary/aromatic N) is 2. The molecule has 8 heteroatoms. The van der Waals surface area contributed by atoms with Crippen molar-refractivity contribution in [2.75, 3.05) is 11.9 Å². The van der Waals surface area contributed by atoms with Crippen molar-refractivity contribution in [3.05, 3.63) is 12.3 Å². The Morgan fingerprint density at radius 2 is 2.37 bits per heavy atom. The number of carbonyl (C=O) groups excluding carboxylic acids is 1. The van der Waals surface area contributed by atoms with E-state index in [9.17, 15) is 18.0 Å². The van der Waals surface area contributed by atoms with Crippen molar-refractivity contribution < 1.29 is 18.0 Å². The van der Waals surface area contributed by atoms with Gasteiger partial charge in [-0.15, -0.1) is 0 Å². The number of hydrogen-bond acceptors (Lipinski definition) is 3. The van der Waals surface area contributed by atoms with Crippen LogP contribution in [0, 0.1) is 11.8 Å². The number of aromatic nitrogens is 2. The molecule has 0 aromatic carbocycles. The summed E-state index contributed by atoms with van der Waals surface area (Å²) in [6, 6.07) is 1.13. The smallest absolute Gasteiger partial charge is 0.308 e. The van der Waals surface area contributed by atoms with Gasteiger partial charge in [0.2, 0.25) is 5.91 Å². The average molecular weight is 274 g/mol. The van der Waals surface area contributed by atoms with Gasteiger partial charge in [-0.05, 0) is 24.8 Å². The second-order valence-electron chi connectivity index (χ2n) is 5.05. The molecule has 2 heterocycles. The number of rotatable bonds is 3. The Hall–Kier alpha value is -1.57. The van der Waals surface area contributed by atoms with Gasteiger partial charge in [-0.1, -0.05) is 0 Å². The summed E-state index contributed by atoms with van der Waals surface area (Å²) in [6.07, 6.45) is -2.07. The first-order valence-corrected chi connectivity index (χ1v) is 6.07. The highest BCUT2D eigenvalue weighted by Crippen LogP contribution is 2.45. The molecule has 1 aromatic rings. The molecule has 0 spiro atoms. The van der Waals surface area contributed by atoms with E-state index in [1.165, 1.54) is 12.3 Å². The molecule has 0 bridgehead atoms. The van der Waals surface area contributed by atoms with Crippen molar-refractivity contribution >= 4 is 11.7 Å². The number of anilines is 1. The van der Waals surface area contributed by atoms with Crippen molar-refractivity contribution in [2.24, 2.45) is 11.8 Å². The number of carbonyl (C=O) groups is 1. The molecule has 19 heavy (non-hydrogen) atoms. The predicted octanol–water partition coefficient (Wildman–Crippen LogP) is 0.992. The molecule has 2 aliphatic rings. The van der Waals surface area contributed by atoms with E-state index in [1.807, 2.05) is 0 Å². The zero-order valence-electron chi connectivity index (χ0n) is 9.94. The Kier molecular flexibility index (Phi) is 2.77. The summed E-state index contributed by atoms with van der Waals surface area (Å²) < 4.78 is 37.2. The molecule has 3 atom stereocenters. The van der Waals surface area contributed by atoms with Crippen molar-refractivity contribution in [1.29, 1.82) is 0 Å². The molecule has 1 saturated carbocycles. The third-order valence-corrected chi connectivity index (χ3v) is 3.52. The third kappa shape index (κ3) is 2.73. The van der Waals surface area contributed by atoms with Gasteiger partial charge in [0.05, 0.1) is 6.04 Å². The van der Waals surface area contributed by atoms with Gasteiger partial charge in [0.15, 0.2) is 5.82 Å². The maximum atomic E-state index is 12.2. The van der Waals surface area contributed by atoms with Crippen LogP contribution in [-0.2, 0) is 11.3 Å². The second kappa shape index (κ2) is 4.22. The lowest BCUT2D eigenvalue weighted by Crippen LogP contribution is -2.38. The van der Waals surface area contributed by atoms with Crippen LogP contribution in [0.5, 0.6) is 0 Å². The van der Waals surface area contributed by atoms with Crippen molar-refractivity contribution in [3.63, 3.8) is 0 Å². The molecule has 1 amide bonds. The second-order valence-corrected chi connectivity index (χ2v) is 5.05. The van der Waals surface area contributed by atoms with Crippen LogP contribution in [0.3, 0.4) is 0 Å². The van der Waals surface area contributed by atoms with E-state index < -0.39 is 12.7 Å². The van der Waals surface area contributed by atoms with Crippen LogP contribution in [0.15, 0.2) is 12.3 Å². The number of hydrogen-bond donors (Lipinski definition) is 2. The lowest BCUT2D eigenvalue weighted by atomic mass is 10.2. The largest absolute Gasteiger partial charge is 0.408 e. The van der Waals surface area contributed by atoms with E-state index in [2.05, 4.69) is 15.7 Å². The molecule has 2 N–H and O–H groups in total. The normalized spacial score (nSPS) is 29.1. The molecule has 1 aliphatic heterocycles. The minimum absolute atomic E-state index is 0.153. The van der Waals surface area contributed by atoms with E-state index in [4.69, 9.17) is 0 Å². The lowest BCUT2D eigenvalue weighted by Gasteiger charge is -2.11. The molecule has 1 aromatic heterocycles. The van der Waals surface area contributed by atoms with E-state index in [0.717, 1.165) is 17.6 Å². The molecule has 0 unspecified atom stereocenters. The third-order valence-electron chi connectivity index (χ3n) is 3.52. The Morgan fingerprint density at radius 3 is 2.95 bits per heavy atom. The minimum atomic E-state index is -4.32. The van der Waals surface area contributed by atoms with Gasteiger partial charge in [-0.3, -0.25) is 9.48 Å². The minimum Gasteiger partial charge on any atom is -0.308 e. The van der Waals surface area contributed by atoms with Gasteiger partial charge in [-0.2, -0.15) is 18.3 Å². The molecule has 5 nitrogen and oxygen atoms in total. The summed E-state index contributed by atoms with van der Waals surface area (Å²) in [7, 11) is 0. The maximum absolute atomic E-state index is 12.2. The van der Waals surface area contributed by atoms with Crippen LogP contribution in [0.25, 0.3) is 0 Å². The molecule has 1 aliphatic carbocycles. The van der Waals surface area contributed by atoms with Crippen LogP contribution < -0.4 is 10.6 Å². The monoisotopic (exact) mass is 274 g/mol. The van der Waals surface area contributed by atoms with Crippen LogP contribution in [0.4, 0.5) is 19.0 Å². The molecule has 0 radical (unpaired) electrons. The van der Waals surface area contributed by atoms with Crippen LogP contribution >= 0.6 is 0 Å². The highest BCUT2D eigenvalue weighted by molar-refractivity contribution is 5.94. The number of amides is 1. The van der Waals surface area contributed by atoms with E-state index in [-0.39, 0.29) is 17.8 Å². The number of nitrogens with one attached hydrogen (secondary N) is 2. The molecular weight excluding hydrogens is 261 g/mol. The van der Waals surface area contributed by atoms with E-state index >= 15 is 0 Å². The van der Waals surface area contributed by atoms with Gasteiger partial charge in [0, 0.05) is 12.3 Å². The Labute approximate surface area is 107 Å². The van der Waals surface area contributed by atoms with Gasteiger partial charge in [0.25, 0.3) is 0 Å². The molecule has 1 saturated heterocycles. The summed E-state index contributed by atoms with van der Waals surface area (Å²) >= 11 is 0. The first kappa shape index (κ1) is 12.5. The van der Waals surface area contributed by atoms with Gasteiger partial charge >= 0.3 is 6.18 Å². The quantitative estimate of drug-likeness (QED) is 0.864. The Morgan fingerprint density at radius 1 is 1.58 bits per heavy atom. The number of halogens is 3. The molecule has 3 rings (SSSR count). The summed E-state index contributed by atoms with van der Waals surface area (Å²) in [5.41, 5.74) is 0. The van der Waals surface area contributed by atoms with E-state index in [0.29, 0.717) is 11.8 Å². The number of piperidine rings is 1. The lowest BCUT2D eigenvalue weighted by molar-refractivity contribution is -0.142. The SMILES string of the molecule is O=C(Nc1ccn(CC(F)(F)F)n1)[C@H]1NC[C@H]2C[C@H]21. The molecule has 2 fully saturated rings.